The number of ether oxygens (including phenoxy) is 1. The van der Waals surface area contributed by atoms with E-state index in [0.29, 0.717) is 0 Å². The molecule has 1 atom stereocenters. The summed E-state index contributed by atoms with van der Waals surface area (Å²) in [7, 11) is 0. The van der Waals surface area contributed by atoms with E-state index in [2.05, 4.69) is 4.74 Å². The molecule has 0 aliphatic heterocycles. The average molecular weight is 193 g/mol. The van der Waals surface area contributed by atoms with Crippen molar-refractivity contribution in [3.05, 3.63) is 35.6 Å². The number of halogens is 1. The van der Waals surface area contributed by atoms with Crippen LogP contribution in [0.5, 0.6) is 0 Å². The minimum atomic E-state index is -0.873. The van der Waals surface area contributed by atoms with Crippen LogP contribution in [-0.2, 0) is 4.74 Å². The highest BCUT2D eigenvalue weighted by molar-refractivity contribution is 5.89. The van der Waals surface area contributed by atoms with Crippen molar-refractivity contribution in [1.82, 2.24) is 0 Å². The summed E-state index contributed by atoms with van der Waals surface area (Å²) in [4.78, 5) is 11.2. The molecule has 0 aliphatic carbocycles. The SMILES string of the molecule is CC(C#N)OC(=O)c1ccccc1F. The van der Waals surface area contributed by atoms with Crippen LogP contribution in [0, 0.1) is 17.1 Å². The Balaban J connectivity index is 2.81. The van der Waals surface area contributed by atoms with Crippen molar-refractivity contribution >= 4 is 5.97 Å². The summed E-state index contributed by atoms with van der Waals surface area (Å²) in [6.45, 7) is 1.42. The highest BCUT2D eigenvalue weighted by atomic mass is 19.1. The van der Waals surface area contributed by atoms with Gasteiger partial charge >= 0.3 is 5.97 Å². The predicted octanol–water partition coefficient (Wildman–Crippen LogP) is 1.89. The molecule has 0 saturated heterocycles. The fourth-order valence-electron chi connectivity index (χ4n) is 0.877. The predicted molar refractivity (Wildman–Crippen MR) is 46.9 cm³/mol. The van der Waals surface area contributed by atoms with Gasteiger partial charge < -0.3 is 4.74 Å². The number of esters is 1. The van der Waals surface area contributed by atoms with Gasteiger partial charge in [-0.05, 0) is 19.1 Å². The fraction of sp³-hybridized carbons (Fsp3) is 0.200. The summed E-state index contributed by atoms with van der Waals surface area (Å²) in [6, 6.07) is 7.18. The molecule has 0 aliphatic rings. The summed E-state index contributed by atoms with van der Waals surface area (Å²) in [5.74, 6) is -1.47. The summed E-state index contributed by atoms with van der Waals surface area (Å²) in [5.41, 5.74) is -0.158. The number of nitrogens with zero attached hydrogens (tertiary/aromatic N) is 1. The first-order valence-corrected chi connectivity index (χ1v) is 4.00. The minimum Gasteiger partial charge on any atom is -0.444 e. The van der Waals surface area contributed by atoms with Gasteiger partial charge in [-0.25, -0.2) is 9.18 Å². The second-order valence-electron chi connectivity index (χ2n) is 2.66. The van der Waals surface area contributed by atoms with Gasteiger partial charge in [-0.3, -0.25) is 0 Å². The van der Waals surface area contributed by atoms with Crippen molar-refractivity contribution in [2.24, 2.45) is 0 Å². The number of hydrogen-bond donors (Lipinski definition) is 0. The summed E-state index contributed by atoms with van der Waals surface area (Å²) >= 11 is 0. The lowest BCUT2D eigenvalue weighted by atomic mass is 10.2. The van der Waals surface area contributed by atoms with E-state index in [1.165, 1.54) is 25.1 Å². The van der Waals surface area contributed by atoms with Gasteiger partial charge in [0.05, 0.1) is 5.56 Å². The Morgan fingerprint density at radius 1 is 1.57 bits per heavy atom. The van der Waals surface area contributed by atoms with Gasteiger partial charge in [0.25, 0.3) is 0 Å². The third kappa shape index (κ3) is 2.30. The number of hydrogen-bond acceptors (Lipinski definition) is 3. The molecule has 72 valence electrons. The molecular formula is C10H8FNO2. The Labute approximate surface area is 80.7 Å². The van der Waals surface area contributed by atoms with Crippen LogP contribution < -0.4 is 0 Å². The average Bonchev–Trinajstić information content (AvgIpc) is 2.18. The van der Waals surface area contributed by atoms with Crippen molar-refractivity contribution < 1.29 is 13.9 Å². The van der Waals surface area contributed by atoms with Crippen LogP contribution in [0.1, 0.15) is 17.3 Å². The van der Waals surface area contributed by atoms with Crippen LogP contribution in [-0.4, -0.2) is 12.1 Å². The molecule has 1 rings (SSSR count). The van der Waals surface area contributed by atoms with E-state index in [1.807, 2.05) is 0 Å². The summed E-state index contributed by atoms with van der Waals surface area (Å²) in [6.07, 6.45) is -0.873. The number of nitriles is 1. The zero-order valence-electron chi connectivity index (χ0n) is 7.53. The van der Waals surface area contributed by atoms with Gasteiger partial charge in [0, 0.05) is 0 Å². The van der Waals surface area contributed by atoms with Gasteiger partial charge in [-0.1, -0.05) is 12.1 Å². The van der Waals surface area contributed by atoms with Crippen molar-refractivity contribution in [3.63, 3.8) is 0 Å². The Bertz CT molecular complexity index is 384. The molecular weight excluding hydrogens is 185 g/mol. The molecule has 0 N–H and O–H groups in total. The lowest BCUT2D eigenvalue weighted by Crippen LogP contribution is -2.14. The van der Waals surface area contributed by atoms with Crippen LogP contribution in [0.3, 0.4) is 0 Å². The maximum absolute atomic E-state index is 13.0. The number of carbonyl (C=O) groups is 1. The molecule has 0 bridgehead atoms. The molecule has 0 saturated carbocycles. The fourth-order valence-corrected chi connectivity index (χ4v) is 0.877. The molecule has 1 aromatic rings. The summed E-state index contributed by atoms with van der Waals surface area (Å²) in [5, 5.41) is 8.38. The van der Waals surface area contributed by atoms with E-state index in [-0.39, 0.29) is 5.56 Å². The van der Waals surface area contributed by atoms with E-state index in [1.54, 1.807) is 6.07 Å². The molecule has 1 unspecified atom stereocenters. The number of carbonyl (C=O) groups excluding carboxylic acids is 1. The van der Waals surface area contributed by atoms with Crippen LogP contribution in [0.4, 0.5) is 4.39 Å². The lowest BCUT2D eigenvalue weighted by Gasteiger charge is -2.05. The molecule has 3 nitrogen and oxygen atoms in total. The zero-order chi connectivity index (χ0) is 10.6. The van der Waals surface area contributed by atoms with Gasteiger partial charge in [-0.15, -0.1) is 0 Å². The Morgan fingerprint density at radius 2 is 2.21 bits per heavy atom. The third-order valence-electron chi connectivity index (χ3n) is 1.56. The number of benzene rings is 1. The van der Waals surface area contributed by atoms with Crippen molar-refractivity contribution in [2.45, 2.75) is 13.0 Å². The molecule has 4 heteroatoms. The van der Waals surface area contributed by atoms with Crippen LogP contribution in [0.25, 0.3) is 0 Å². The topological polar surface area (TPSA) is 50.1 Å². The monoisotopic (exact) mass is 193 g/mol. The Morgan fingerprint density at radius 3 is 2.79 bits per heavy atom. The van der Waals surface area contributed by atoms with E-state index < -0.39 is 17.9 Å². The Kier molecular flexibility index (Phi) is 3.19. The van der Waals surface area contributed by atoms with E-state index in [9.17, 15) is 9.18 Å². The first kappa shape index (κ1) is 10.2. The molecule has 0 aromatic heterocycles. The smallest absolute Gasteiger partial charge is 0.342 e. The maximum Gasteiger partial charge on any atom is 0.342 e. The largest absolute Gasteiger partial charge is 0.444 e. The van der Waals surface area contributed by atoms with Crippen LogP contribution >= 0.6 is 0 Å². The quantitative estimate of drug-likeness (QED) is 0.674. The van der Waals surface area contributed by atoms with Crippen molar-refractivity contribution in [3.8, 4) is 6.07 Å². The standard InChI is InChI=1S/C10H8FNO2/c1-7(6-12)14-10(13)8-4-2-3-5-9(8)11/h2-5,7H,1H3. The molecule has 0 radical (unpaired) electrons. The van der Waals surface area contributed by atoms with E-state index in [0.717, 1.165) is 6.07 Å². The molecule has 1 aromatic carbocycles. The van der Waals surface area contributed by atoms with Crippen molar-refractivity contribution in [2.75, 3.05) is 0 Å². The van der Waals surface area contributed by atoms with E-state index in [4.69, 9.17) is 5.26 Å². The first-order chi connectivity index (χ1) is 6.65. The van der Waals surface area contributed by atoms with Gasteiger partial charge in [0.2, 0.25) is 0 Å². The third-order valence-corrected chi connectivity index (χ3v) is 1.56. The molecule has 0 heterocycles. The normalized spacial score (nSPS) is 11.5. The summed E-state index contributed by atoms with van der Waals surface area (Å²) < 4.78 is 17.6. The second-order valence-corrected chi connectivity index (χ2v) is 2.66. The molecule has 0 amide bonds. The van der Waals surface area contributed by atoms with E-state index >= 15 is 0 Å². The minimum absolute atomic E-state index is 0.158. The van der Waals surface area contributed by atoms with Crippen molar-refractivity contribution in [1.29, 1.82) is 5.26 Å². The van der Waals surface area contributed by atoms with Gasteiger partial charge in [-0.2, -0.15) is 5.26 Å². The second kappa shape index (κ2) is 4.38. The highest BCUT2D eigenvalue weighted by Gasteiger charge is 2.14. The Hall–Kier alpha value is -1.89. The molecule has 0 spiro atoms. The van der Waals surface area contributed by atoms with Gasteiger partial charge in [0.15, 0.2) is 6.10 Å². The lowest BCUT2D eigenvalue weighted by molar-refractivity contribution is 0.0430. The van der Waals surface area contributed by atoms with Gasteiger partial charge in [0.1, 0.15) is 11.9 Å². The highest BCUT2D eigenvalue weighted by Crippen LogP contribution is 2.08. The first-order valence-electron chi connectivity index (χ1n) is 4.00. The maximum atomic E-state index is 13.0. The van der Waals surface area contributed by atoms with Crippen LogP contribution in [0.2, 0.25) is 0 Å². The van der Waals surface area contributed by atoms with Crippen LogP contribution in [0.15, 0.2) is 24.3 Å². The molecule has 14 heavy (non-hydrogen) atoms. The number of rotatable bonds is 2. The zero-order valence-corrected chi connectivity index (χ0v) is 7.53. The molecule has 0 fully saturated rings.